The lowest BCUT2D eigenvalue weighted by molar-refractivity contribution is -0.135. The van der Waals surface area contributed by atoms with Crippen molar-refractivity contribution >= 4 is 23.3 Å². The van der Waals surface area contributed by atoms with Crippen LogP contribution < -0.4 is 21.5 Å². The first-order chi connectivity index (χ1) is 8.45. The van der Waals surface area contributed by atoms with Crippen LogP contribution in [-0.2, 0) is 9.59 Å². The highest BCUT2D eigenvalue weighted by Crippen LogP contribution is 2.27. The predicted octanol–water partition coefficient (Wildman–Crippen LogP) is -0.391. The molecule has 18 heavy (non-hydrogen) atoms. The van der Waals surface area contributed by atoms with E-state index in [0.29, 0.717) is 11.5 Å². The normalized spacial score (nSPS) is 18.5. The van der Waals surface area contributed by atoms with Crippen molar-refractivity contribution in [3.63, 3.8) is 0 Å². The molecule has 1 aliphatic heterocycles. The zero-order valence-corrected chi connectivity index (χ0v) is 10.2. The molecule has 0 spiro atoms. The lowest BCUT2D eigenvalue weighted by Gasteiger charge is -2.41. The maximum Gasteiger partial charge on any atom is 0.251 e. The quantitative estimate of drug-likeness (QED) is 0.375. The van der Waals surface area contributed by atoms with E-state index in [1.54, 1.807) is 37.1 Å². The number of imide groups is 1. The van der Waals surface area contributed by atoms with Gasteiger partial charge in [0.05, 0.1) is 6.54 Å². The average Bonchev–Trinajstić information content (AvgIpc) is 2.34. The van der Waals surface area contributed by atoms with Crippen molar-refractivity contribution in [2.75, 3.05) is 16.9 Å². The predicted molar refractivity (Wildman–Crippen MR) is 66.6 cm³/mol. The number of hydrazine groups is 1. The summed E-state index contributed by atoms with van der Waals surface area (Å²) in [6.07, 6.45) is 1.57. The van der Waals surface area contributed by atoms with Gasteiger partial charge in [0, 0.05) is 18.0 Å². The minimum absolute atomic E-state index is 0.118. The number of amides is 2. The van der Waals surface area contributed by atoms with Crippen molar-refractivity contribution < 1.29 is 9.59 Å². The van der Waals surface area contributed by atoms with Gasteiger partial charge in [-0.1, -0.05) is 0 Å². The molecule has 1 aliphatic rings. The van der Waals surface area contributed by atoms with Crippen LogP contribution in [-0.4, -0.2) is 28.9 Å². The Morgan fingerprint density at radius 1 is 1.50 bits per heavy atom. The van der Waals surface area contributed by atoms with E-state index in [2.05, 4.69) is 15.7 Å². The molecule has 7 nitrogen and oxygen atoms in total. The Bertz CT molecular complexity index is 500. The van der Waals surface area contributed by atoms with Crippen molar-refractivity contribution in [3.05, 3.63) is 18.3 Å². The maximum atomic E-state index is 11.8. The molecule has 1 aromatic rings. The molecule has 0 radical (unpaired) electrons. The zero-order chi connectivity index (χ0) is 13.3. The molecule has 7 heteroatoms. The Hall–Kier alpha value is -2.15. The number of carbonyl (C=O) groups is 2. The fraction of sp³-hybridized carbons (Fsp3) is 0.364. The van der Waals surface area contributed by atoms with Crippen LogP contribution >= 0.6 is 0 Å². The van der Waals surface area contributed by atoms with E-state index in [9.17, 15) is 9.59 Å². The summed E-state index contributed by atoms with van der Waals surface area (Å²) in [5, 5.41) is 2.32. The molecule has 0 unspecified atom stereocenters. The second kappa shape index (κ2) is 4.26. The molecule has 4 N–H and O–H groups in total. The Morgan fingerprint density at radius 2 is 2.22 bits per heavy atom. The monoisotopic (exact) mass is 249 g/mol. The number of aromatic nitrogens is 1. The van der Waals surface area contributed by atoms with Gasteiger partial charge in [-0.2, -0.15) is 0 Å². The molecule has 2 heterocycles. The van der Waals surface area contributed by atoms with E-state index < -0.39 is 5.54 Å². The van der Waals surface area contributed by atoms with Crippen molar-refractivity contribution in [2.24, 2.45) is 5.84 Å². The number of nitrogens with two attached hydrogens (primary N) is 1. The van der Waals surface area contributed by atoms with Gasteiger partial charge in [0.1, 0.15) is 11.4 Å². The lowest BCUT2D eigenvalue weighted by atomic mass is 9.98. The van der Waals surface area contributed by atoms with Gasteiger partial charge in [-0.15, -0.1) is 0 Å². The summed E-state index contributed by atoms with van der Waals surface area (Å²) in [7, 11) is 0. The second-order valence-electron chi connectivity index (χ2n) is 4.57. The number of hydrogen-bond acceptors (Lipinski definition) is 6. The molecular weight excluding hydrogens is 234 g/mol. The summed E-state index contributed by atoms with van der Waals surface area (Å²) in [6, 6.07) is 3.42. The highest BCUT2D eigenvalue weighted by molar-refractivity contribution is 6.06. The number of anilines is 2. The van der Waals surface area contributed by atoms with Crippen molar-refractivity contribution in [1.82, 2.24) is 10.3 Å². The number of hydrogen-bond donors (Lipinski definition) is 3. The molecule has 0 bridgehead atoms. The van der Waals surface area contributed by atoms with Crippen LogP contribution in [0.2, 0.25) is 0 Å². The largest absolute Gasteiger partial charge is 0.348 e. The average molecular weight is 249 g/mol. The van der Waals surface area contributed by atoms with Crippen molar-refractivity contribution in [3.8, 4) is 0 Å². The van der Waals surface area contributed by atoms with E-state index >= 15 is 0 Å². The topological polar surface area (TPSA) is 100 Å². The van der Waals surface area contributed by atoms with E-state index in [0.717, 1.165) is 0 Å². The fourth-order valence-corrected chi connectivity index (χ4v) is 1.86. The summed E-state index contributed by atoms with van der Waals surface area (Å²) in [6.45, 7) is 3.63. The van der Waals surface area contributed by atoms with Gasteiger partial charge >= 0.3 is 0 Å². The molecule has 1 aromatic heterocycles. The number of rotatable bonds is 2. The third-order valence-corrected chi connectivity index (χ3v) is 2.99. The fourth-order valence-electron chi connectivity index (χ4n) is 1.86. The summed E-state index contributed by atoms with van der Waals surface area (Å²) in [5.74, 6) is 5.12. The SMILES string of the molecule is CC1(C)C(=O)NC(=O)CN1c1ccnc(NN)c1. The van der Waals surface area contributed by atoms with Gasteiger partial charge in [0.25, 0.3) is 5.91 Å². The third kappa shape index (κ3) is 2.00. The number of carbonyl (C=O) groups excluding carboxylic acids is 2. The number of nitrogens with zero attached hydrogens (tertiary/aromatic N) is 2. The summed E-state index contributed by atoms with van der Waals surface area (Å²) >= 11 is 0. The van der Waals surface area contributed by atoms with Crippen LogP contribution in [0.15, 0.2) is 18.3 Å². The minimum atomic E-state index is -0.804. The second-order valence-corrected chi connectivity index (χ2v) is 4.57. The maximum absolute atomic E-state index is 11.8. The molecule has 1 saturated heterocycles. The molecule has 0 aliphatic carbocycles. The van der Waals surface area contributed by atoms with E-state index in [4.69, 9.17) is 5.84 Å². The first-order valence-corrected chi connectivity index (χ1v) is 5.50. The number of nitrogens with one attached hydrogen (secondary N) is 2. The number of pyridine rings is 1. The van der Waals surface area contributed by atoms with Crippen LogP contribution in [0.5, 0.6) is 0 Å². The highest BCUT2D eigenvalue weighted by Gasteiger charge is 2.41. The first kappa shape index (κ1) is 12.3. The Labute approximate surface area is 104 Å². The lowest BCUT2D eigenvalue weighted by Crippen LogP contribution is -2.64. The Balaban J connectivity index is 2.40. The van der Waals surface area contributed by atoms with Crippen LogP contribution in [0.25, 0.3) is 0 Å². The van der Waals surface area contributed by atoms with E-state index in [1.165, 1.54) is 0 Å². The van der Waals surface area contributed by atoms with E-state index in [-0.39, 0.29) is 18.4 Å². The summed E-state index contributed by atoms with van der Waals surface area (Å²) in [5.41, 5.74) is 2.34. The van der Waals surface area contributed by atoms with Gasteiger partial charge in [0.2, 0.25) is 5.91 Å². The van der Waals surface area contributed by atoms with Crippen molar-refractivity contribution in [1.29, 1.82) is 0 Å². The highest BCUT2D eigenvalue weighted by atomic mass is 16.2. The Kier molecular flexibility index (Phi) is 2.92. The molecule has 0 atom stereocenters. The first-order valence-electron chi connectivity index (χ1n) is 5.50. The smallest absolute Gasteiger partial charge is 0.251 e. The minimum Gasteiger partial charge on any atom is -0.348 e. The Morgan fingerprint density at radius 3 is 2.89 bits per heavy atom. The molecule has 1 fully saturated rings. The molecule has 0 aromatic carbocycles. The summed E-state index contributed by atoms with van der Waals surface area (Å²) < 4.78 is 0. The van der Waals surface area contributed by atoms with Crippen LogP contribution in [0.1, 0.15) is 13.8 Å². The molecule has 2 amide bonds. The molecule has 2 rings (SSSR count). The standard InChI is InChI=1S/C11H15N5O2/c1-11(2)10(18)14-9(17)6-16(11)7-3-4-13-8(5-7)15-12/h3-5H,6,12H2,1-2H3,(H,13,15)(H,14,17,18). The van der Waals surface area contributed by atoms with Crippen LogP contribution in [0, 0.1) is 0 Å². The molecule has 0 saturated carbocycles. The van der Waals surface area contributed by atoms with Crippen LogP contribution in [0.4, 0.5) is 11.5 Å². The van der Waals surface area contributed by atoms with Gasteiger partial charge in [-0.3, -0.25) is 14.9 Å². The van der Waals surface area contributed by atoms with Crippen LogP contribution in [0.3, 0.4) is 0 Å². The van der Waals surface area contributed by atoms with Crippen molar-refractivity contribution in [2.45, 2.75) is 19.4 Å². The van der Waals surface area contributed by atoms with E-state index in [1.807, 2.05) is 0 Å². The molecule has 96 valence electrons. The number of nitrogen functional groups attached to an aromatic ring is 1. The van der Waals surface area contributed by atoms with Gasteiger partial charge < -0.3 is 10.3 Å². The van der Waals surface area contributed by atoms with Gasteiger partial charge in [-0.25, -0.2) is 10.8 Å². The number of piperazine rings is 1. The molecular formula is C11H15N5O2. The van der Waals surface area contributed by atoms with Gasteiger partial charge in [-0.05, 0) is 19.9 Å². The third-order valence-electron chi connectivity index (χ3n) is 2.99. The summed E-state index contributed by atoms with van der Waals surface area (Å²) in [4.78, 5) is 29.0. The van der Waals surface area contributed by atoms with Gasteiger partial charge in [0.15, 0.2) is 0 Å². The zero-order valence-electron chi connectivity index (χ0n) is 10.2.